The molecule has 0 aliphatic heterocycles. The van der Waals surface area contributed by atoms with Crippen LogP contribution in [0.25, 0.3) is 0 Å². The second-order valence-electron chi connectivity index (χ2n) is 0.543. The molecule has 0 heterocycles. The maximum Gasteiger partial charge on any atom is 0.189 e. The van der Waals surface area contributed by atoms with Crippen molar-refractivity contribution in [1.82, 2.24) is 5.48 Å². The largest absolute Gasteiger partial charge is 0.375 e. The molecule has 3 nitrogen and oxygen atoms in total. The first kappa shape index (κ1) is 5.94. The van der Waals surface area contributed by atoms with Crippen LogP contribution in [0.4, 0.5) is 0 Å². The van der Waals surface area contributed by atoms with Crippen molar-refractivity contribution in [2.24, 2.45) is 5.73 Å². The van der Waals surface area contributed by atoms with Crippen molar-refractivity contribution in [2.45, 2.75) is 0 Å². The maximum absolute atomic E-state index is 4.81. The van der Waals surface area contributed by atoms with Gasteiger partial charge in [0.05, 0.1) is 11.9 Å². The molecule has 0 rings (SSSR count). The van der Waals surface area contributed by atoms with Crippen LogP contribution in [0.3, 0.4) is 0 Å². The zero-order valence-electron chi connectivity index (χ0n) is 2.77. The third kappa shape index (κ3) is 3.94. The van der Waals surface area contributed by atoms with Crippen LogP contribution in [0, 0.1) is 0 Å². The molecule has 0 aromatic heterocycles. The molecule has 6 heavy (non-hydrogen) atoms. The molecule has 0 unspecified atom stereocenters. The third-order valence-corrected chi connectivity index (χ3v) is 0.300. The van der Waals surface area contributed by atoms with E-state index in [0.29, 0.717) is 0 Å². The Bertz CT molecular complexity index is 57.5. The fourth-order valence-corrected chi connectivity index (χ4v) is 0.209. The Morgan fingerprint density at radius 2 is 2.50 bits per heavy atom. The lowest BCUT2D eigenvalue weighted by Gasteiger charge is -1.90. The van der Waals surface area contributed by atoms with Crippen molar-refractivity contribution in [3.8, 4) is 0 Å². The van der Waals surface area contributed by atoms with Gasteiger partial charge in [0.1, 0.15) is 0 Å². The van der Waals surface area contributed by atoms with Crippen molar-refractivity contribution in [3.63, 3.8) is 0 Å². The van der Waals surface area contributed by atoms with Crippen LogP contribution in [-0.2, 0) is 4.39 Å². The summed E-state index contributed by atoms with van der Waals surface area (Å²) in [6.45, 7) is 0. The first-order chi connectivity index (χ1) is 2.77. The predicted molar refractivity (Wildman–Crippen MR) is 26.9 cm³/mol. The second-order valence-corrected chi connectivity index (χ2v) is 1.14. The lowest BCUT2D eigenvalue weighted by atomic mass is 11.2. The molecular formula is CH3ClN2OS. The molecular weight excluding hydrogens is 124 g/mol. The molecule has 0 fully saturated rings. The van der Waals surface area contributed by atoms with Gasteiger partial charge < -0.3 is 5.73 Å². The molecule has 0 aromatic carbocycles. The lowest BCUT2D eigenvalue weighted by molar-refractivity contribution is 0.295. The highest BCUT2D eigenvalue weighted by molar-refractivity contribution is 7.80. The number of hydrogen-bond donors (Lipinski definition) is 2. The van der Waals surface area contributed by atoms with Gasteiger partial charge in [0.25, 0.3) is 0 Å². The standard InChI is InChI=1S/CH3ClN2OS/c2-5-4-1(3)6/h(H3,3,4,6). The average molecular weight is 127 g/mol. The first-order valence-corrected chi connectivity index (χ1v) is 1.82. The van der Waals surface area contributed by atoms with Crippen LogP contribution < -0.4 is 11.2 Å². The Labute approximate surface area is 45.5 Å². The van der Waals surface area contributed by atoms with Gasteiger partial charge >= 0.3 is 0 Å². The van der Waals surface area contributed by atoms with Crippen molar-refractivity contribution in [3.05, 3.63) is 0 Å². The quantitative estimate of drug-likeness (QED) is 0.381. The molecule has 0 saturated carbocycles. The van der Waals surface area contributed by atoms with Gasteiger partial charge in [-0.05, 0) is 12.2 Å². The topological polar surface area (TPSA) is 47.3 Å². The minimum Gasteiger partial charge on any atom is -0.375 e. The first-order valence-electron chi connectivity index (χ1n) is 1.10. The van der Waals surface area contributed by atoms with Crippen LogP contribution >= 0.6 is 24.1 Å². The van der Waals surface area contributed by atoms with Crippen molar-refractivity contribution < 1.29 is 4.39 Å². The summed E-state index contributed by atoms with van der Waals surface area (Å²) in [7, 11) is 0. The maximum atomic E-state index is 4.81. The normalized spacial score (nSPS) is 7.50. The SMILES string of the molecule is NC(=S)NOCl. The van der Waals surface area contributed by atoms with Crippen molar-refractivity contribution >= 4 is 29.2 Å². The van der Waals surface area contributed by atoms with E-state index in [9.17, 15) is 0 Å². The Kier molecular flexibility index (Phi) is 3.11. The molecule has 0 spiro atoms. The fraction of sp³-hybridized carbons (Fsp3) is 0. The second kappa shape index (κ2) is 3.14. The summed E-state index contributed by atoms with van der Waals surface area (Å²) < 4.78 is 3.76. The minimum atomic E-state index is 0.0185. The Morgan fingerprint density at radius 3 is 2.50 bits per heavy atom. The predicted octanol–water partition coefficient (Wildman–Crippen LogP) is -0.0950. The molecule has 0 bridgehead atoms. The Morgan fingerprint density at radius 1 is 2.00 bits per heavy atom. The van der Waals surface area contributed by atoms with Crippen LogP contribution in [0.5, 0.6) is 0 Å². The van der Waals surface area contributed by atoms with Gasteiger partial charge in [-0.3, -0.25) is 0 Å². The van der Waals surface area contributed by atoms with Crippen molar-refractivity contribution in [2.75, 3.05) is 0 Å². The highest BCUT2D eigenvalue weighted by Gasteiger charge is 1.76. The molecule has 0 aliphatic rings. The van der Waals surface area contributed by atoms with Gasteiger partial charge in [0, 0.05) is 0 Å². The van der Waals surface area contributed by atoms with Gasteiger partial charge in [-0.25, -0.2) is 5.48 Å². The van der Waals surface area contributed by atoms with Crippen LogP contribution in [-0.4, -0.2) is 5.11 Å². The molecule has 36 valence electrons. The number of rotatable bonds is 1. The van der Waals surface area contributed by atoms with Crippen LogP contribution in [0.2, 0.25) is 0 Å². The minimum absolute atomic E-state index is 0.0185. The fourth-order valence-electron chi connectivity index (χ4n) is 0.0380. The number of hydrogen-bond acceptors (Lipinski definition) is 2. The number of thiocarbonyl (C=S) groups is 1. The van der Waals surface area contributed by atoms with E-state index < -0.39 is 0 Å². The molecule has 0 atom stereocenters. The van der Waals surface area contributed by atoms with Crippen LogP contribution in [0.15, 0.2) is 0 Å². The summed E-state index contributed by atoms with van der Waals surface area (Å²) in [5.41, 5.74) is 6.80. The van der Waals surface area contributed by atoms with Gasteiger partial charge in [0.2, 0.25) is 0 Å². The van der Waals surface area contributed by atoms with E-state index in [0.717, 1.165) is 0 Å². The molecule has 5 heteroatoms. The Balaban J connectivity index is 2.83. The highest BCUT2D eigenvalue weighted by atomic mass is 35.5. The van der Waals surface area contributed by atoms with Gasteiger partial charge in [-0.1, -0.05) is 0 Å². The van der Waals surface area contributed by atoms with Crippen molar-refractivity contribution in [1.29, 1.82) is 0 Å². The molecule has 0 aromatic rings. The zero-order chi connectivity index (χ0) is 4.99. The highest BCUT2D eigenvalue weighted by Crippen LogP contribution is 1.66. The summed E-state index contributed by atoms with van der Waals surface area (Å²) in [5, 5.41) is 0.0185. The van der Waals surface area contributed by atoms with E-state index in [-0.39, 0.29) is 5.11 Å². The van der Waals surface area contributed by atoms with E-state index in [1.165, 1.54) is 0 Å². The van der Waals surface area contributed by atoms with Gasteiger partial charge in [-0.2, -0.15) is 4.39 Å². The van der Waals surface area contributed by atoms with E-state index in [1.54, 1.807) is 0 Å². The molecule has 0 aliphatic carbocycles. The summed E-state index contributed by atoms with van der Waals surface area (Å²) >= 11 is 8.87. The average Bonchev–Trinajstić information content (AvgIpc) is 1.35. The summed E-state index contributed by atoms with van der Waals surface area (Å²) in [6.07, 6.45) is 0. The molecule has 0 radical (unpaired) electrons. The number of nitrogens with two attached hydrogens (primary N) is 1. The summed E-state index contributed by atoms with van der Waals surface area (Å²) in [5.74, 6) is 0. The summed E-state index contributed by atoms with van der Waals surface area (Å²) in [6, 6.07) is 0. The monoisotopic (exact) mass is 126 g/mol. The molecule has 0 amide bonds. The van der Waals surface area contributed by atoms with Gasteiger partial charge in [-0.15, -0.1) is 0 Å². The molecule has 3 N–H and O–H groups in total. The third-order valence-electron chi connectivity index (χ3n) is 0.139. The van der Waals surface area contributed by atoms with E-state index in [1.807, 2.05) is 5.48 Å². The number of hydroxylamine groups is 1. The summed E-state index contributed by atoms with van der Waals surface area (Å²) in [4.78, 5) is 0. The zero-order valence-corrected chi connectivity index (χ0v) is 4.34. The number of nitrogens with one attached hydrogen (secondary N) is 1. The lowest BCUT2D eigenvalue weighted by Crippen LogP contribution is -2.25. The van der Waals surface area contributed by atoms with E-state index >= 15 is 0 Å². The van der Waals surface area contributed by atoms with Gasteiger partial charge in [0.15, 0.2) is 5.11 Å². The Hall–Kier alpha value is -0.0600. The van der Waals surface area contributed by atoms with Crippen LogP contribution in [0.1, 0.15) is 0 Å². The number of halogens is 1. The molecule has 0 saturated heterocycles. The van der Waals surface area contributed by atoms with E-state index in [4.69, 9.17) is 5.73 Å². The smallest absolute Gasteiger partial charge is 0.189 e. The van der Waals surface area contributed by atoms with E-state index in [2.05, 4.69) is 28.5 Å².